The fraction of sp³-hybridized carbons (Fsp3) is 0.308. The third-order valence-corrected chi connectivity index (χ3v) is 5.72. The van der Waals surface area contributed by atoms with Crippen LogP contribution in [0.25, 0.3) is 0 Å². The summed E-state index contributed by atoms with van der Waals surface area (Å²) in [5.74, 6) is -0.177. The Balaban J connectivity index is 1.63. The van der Waals surface area contributed by atoms with E-state index >= 15 is 0 Å². The second-order valence-electron chi connectivity index (χ2n) is 8.19. The standard InChI is InChI=1S/C26H29FN2/c1-20-7-11-24(12-8-20)26-28(18-22-9-13-25(27)14-10-22)15-4-16-29(26)19-23-6-3-5-21(2)17-23/h3,5-14,17,26H,4,15-16,18-19H2,1-2H3/t26-/m1/s1. The van der Waals surface area contributed by atoms with Gasteiger partial charge in [-0.1, -0.05) is 71.8 Å². The number of aryl methyl sites for hydroxylation is 2. The summed E-state index contributed by atoms with van der Waals surface area (Å²) in [5.41, 5.74) is 6.41. The van der Waals surface area contributed by atoms with Crippen LogP contribution in [0, 0.1) is 19.7 Å². The summed E-state index contributed by atoms with van der Waals surface area (Å²) in [6.45, 7) is 8.15. The lowest BCUT2D eigenvalue weighted by Gasteiger charge is -2.44. The minimum Gasteiger partial charge on any atom is -0.280 e. The maximum absolute atomic E-state index is 13.4. The van der Waals surface area contributed by atoms with Crippen molar-refractivity contribution in [2.45, 2.75) is 39.5 Å². The van der Waals surface area contributed by atoms with Crippen molar-refractivity contribution < 1.29 is 4.39 Å². The molecule has 0 aliphatic carbocycles. The largest absolute Gasteiger partial charge is 0.280 e. The van der Waals surface area contributed by atoms with Gasteiger partial charge < -0.3 is 0 Å². The average Bonchev–Trinajstić information content (AvgIpc) is 2.71. The van der Waals surface area contributed by atoms with Crippen LogP contribution in [0.15, 0.2) is 72.8 Å². The molecule has 1 aliphatic rings. The summed E-state index contributed by atoms with van der Waals surface area (Å²) >= 11 is 0. The van der Waals surface area contributed by atoms with Gasteiger partial charge in [0.1, 0.15) is 5.82 Å². The molecule has 1 aliphatic heterocycles. The van der Waals surface area contributed by atoms with Gasteiger partial charge in [-0.05, 0) is 49.1 Å². The number of halogens is 1. The van der Waals surface area contributed by atoms with Crippen LogP contribution in [-0.2, 0) is 13.1 Å². The summed E-state index contributed by atoms with van der Waals surface area (Å²) in [5, 5.41) is 0. The van der Waals surface area contributed by atoms with Gasteiger partial charge in [0.15, 0.2) is 0 Å². The lowest BCUT2D eigenvalue weighted by atomic mass is 10.0. The molecule has 0 bridgehead atoms. The van der Waals surface area contributed by atoms with Gasteiger partial charge in [0.2, 0.25) is 0 Å². The molecule has 150 valence electrons. The normalized spacial score (nSPS) is 18.1. The van der Waals surface area contributed by atoms with E-state index in [0.717, 1.165) is 38.2 Å². The molecule has 0 saturated carbocycles. The molecule has 3 heteroatoms. The van der Waals surface area contributed by atoms with E-state index in [-0.39, 0.29) is 12.0 Å². The number of rotatable bonds is 5. The minimum atomic E-state index is -0.177. The Morgan fingerprint density at radius 1 is 0.759 bits per heavy atom. The molecule has 1 heterocycles. The van der Waals surface area contributed by atoms with Crippen LogP contribution >= 0.6 is 0 Å². The summed E-state index contributed by atoms with van der Waals surface area (Å²) in [4.78, 5) is 5.10. The number of hydrogen-bond donors (Lipinski definition) is 0. The fourth-order valence-electron chi connectivity index (χ4n) is 4.31. The molecule has 0 aromatic heterocycles. The molecule has 1 saturated heterocycles. The van der Waals surface area contributed by atoms with Crippen molar-refractivity contribution in [3.63, 3.8) is 0 Å². The van der Waals surface area contributed by atoms with Gasteiger partial charge >= 0.3 is 0 Å². The highest BCUT2D eigenvalue weighted by Crippen LogP contribution is 2.32. The van der Waals surface area contributed by atoms with E-state index in [1.165, 1.54) is 22.3 Å². The Bertz CT molecular complexity index is 934. The maximum atomic E-state index is 13.4. The molecule has 0 amide bonds. The van der Waals surface area contributed by atoms with E-state index in [0.29, 0.717) is 0 Å². The van der Waals surface area contributed by atoms with Gasteiger partial charge in [-0.3, -0.25) is 9.80 Å². The van der Waals surface area contributed by atoms with E-state index in [4.69, 9.17) is 0 Å². The van der Waals surface area contributed by atoms with Crippen LogP contribution in [0.4, 0.5) is 4.39 Å². The van der Waals surface area contributed by atoms with Crippen molar-refractivity contribution in [3.05, 3.63) is 106 Å². The molecule has 0 radical (unpaired) electrons. The third kappa shape index (κ3) is 4.92. The first kappa shape index (κ1) is 19.8. The molecule has 1 fully saturated rings. The van der Waals surface area contributed by atoms with Crippen molar-refractivity contribution in [3.8, 4) is 0 Å². The summed E-state index contributed by atoms with van der Waals surface area (Å²) in [6, 6.07) is 24.6. The van der Waals surface area contributed by atoms with Gasteiger partial charge in [-0.2, -0.15) is 0 Å². The Morgan fingerprint density at radius 3 is 2.07 bits per heavy atom. The highest BCUT2D eigenvalue weighted by atomic mass is 19.1. The molecule has 2 nitrogen and oxygen atoms in total. The topological polar surface area (TPSA) is 6.48 Å². The highest BCUT2D eigenvalue weighted by molar-refractivity contribution is 5.26. The van der Waals surface area contributed by atoms with Gasteiger partial charge in [0, 0.05) is 26.2 Å². The van der Waals surface area contributed by atoms with Gasteiger partial charge in [-0.25, -0.2) is 4.39 Å². The lowest BCUT2D eigenvalue weighted by Crippen LogP contribution is -2.46. The van der Waals surface area contributed by atoms with Crippen molar-refractivity contribution in [1.29, 1.82) is 0 Å². The maximum Gasteiger partial charge on any atom is 0.123 e. The van der Waals surface area contributed by atoms with Crippen LogP contribution in [-0.4, -0.2) is 22.9 Å². The molecule has 4 rings (SSSR count). The fourth-order valence-corrected chi connectivity index (χ4v) is 4.31. The van der Waals surface area contributed by atoms with Crippen LogP contribution in [0.2, 0.25) is 0 Å². The Labute approximate surface area is 173 Å². The highest BCUT2D eigenvalue weighted by Gasteiger charge is 2.30. The van der Waals surface area contributed by atoms with Crippen molar-refractivity contribution >= 4 is 0 Å². The third-order valence-electron chi connectivity index (χ3n) is 5.72. The second kappa shape index (κ2) is 8.89. The van der Waals surface area contributed by atoms with Crippen molar-refractivity contribution in [2.75, 3.05) is 13.1 Å². The zero-order valence-electron chi connectivity index (χ0n) is 17.3. The van der Waals surface area contributed by atoms with E-state index in [1.54, 1.807) is 12.1 Å². The van der Waals surface area contributed by atoms with Crippen LogP contribution in [0.3, 0.4) is 0 Å². The molecular weight excluding hydrogens is 359 g/mol. The van der Waals surface area contributed by atoms with Gasteiger partial charge in [-0.15, -0.1) is 0 Å². The predicted octanol–water partition coefficient (Wildman–Crippen LogP) is 5.85. The molecule has 0 spiro atoms. The molecule has 3 aromatic carbocycles. The monoisotopic (exact) mass is 388 g/mol. The van der Waals surface area contributed by atoms with Crippen LogP contribution in [0.5, 0.6) is 0 Å². The second-order valence-corrected chi connectivity index (χ2v) is 8.19. The van der Waals surface area contributed by atoms with E-state index < -0.39 is 0 Å². The van der Waals surface area contributed by atoms with E-state index in [1.807, 2.05) is 12.1 Å². The smallest absolute Gasteiger partial charge is 0.123 e. The SMILES string of the molecule is Cc1ccc([C@@H]2N(Cc3ccc(F)cc3)CCCN2Cc2cccc(C)c2)cc1. The van der Waals surface area contributed by atoms with Crippen LogP contribution in [0.1, 0.15) is 40.4 Å². The number of hydrogen-bond acceptors (Lipinski definition) is 2. The zero-order valence-corrected chi connectivity index (χ0v) is 17.3. The molecule has 0 unspecified atom stereocenters. The van der Waals surface area contributed by atoms with Crippen LogP contribution < -0.4 is 0 Å². The quantitative estimate of drug-likeness (QED) is 0.541. The molecule has 3 aromatic rings. The van der Waals surface area contributed by atoms with E-state index in [2.05, 4.69) is 72.2 Å². The molecule has 29 heavy (non-hydrogen) atoms. The van der Waals surface area contributed by atoms with Gasteiger partial charge in [0.25, 0.3) is 0 Å². The minimum absolute atomic E-state index is 0.177. The van der Waals surface area contributed by atoms with Gasteiger partial charge in [0.05, 0.1) is 6.17 Å². The molecule has 1 atom stereocenters. The van der Waals surface area contributed by atoms with E-state index in [9.17, 15) is 4.39 Å². The Hall–Kier alpha value is -2.49. The first-order valence-corrected chi connectivity index (χ1v) is 10.4. The summed E-state index contributed by atoms with van der Waals surface area (Å²) < 4.78 is 13.4. The molecular formula is C26H29FN2. The lowest BCUT2D eigenvalue weighted by molar-refractivity contribution is -0.00911. The Kier molecular flexibility index (Phi) is 6.08. The summed E-state index contributed by atoms with van der Waals surface area (Å²) in [7, 11) is 0. The van der Waals surface area contributed by atoms with Crippen molar-refractivity contribution in [1.82, 2.24) is 9.80 Å². The number of benzene rings is 3. The zero-order chi connectivity index (χ0) is 20.2. The number of nitrogens with zero attached hydrogens (tertiary/aromatic N) is 2. The van der Waals surface area contributed by atoms with Crippen molar-refractivity contribution in [2.24, 2.45) is 0 Å². The molecule has 0 N–H and O–H groups in total. The Morgan fingerprint density at radius 2 is 1.41 bits per heavy atom. The first-order chi connectivity index (χ1) is 14.1. The summed E-state index contributed by atoms with van der Waals surface area (Å²) in [6.07, 6.45) is 1.35. The predicted molar refractivity (Wildman–Crippen MR) is 117 cm³/mol. The average molecular weight is 389 g/mol. The first-order valence-electron chi connectivity index (χ1n) is 10.4.